The molecule has 5 heteroatoms. The van der Waals surface area contributed by atoms with E-state index in [4.69, 9.17) is 4.42 Å². The molecule has 1 aliphatic rings. The van der Waals surface area contributed by atoms with E-state index in [0.717, 1.165) is 42.3 Å². The summed E-state index contributed by atoms with van der Waals surface area (Å²) in [7, 11) is 0. The van der Waals surface area contributed by atoms with E-state index < -0.39 is 0 Å². The van der Waals surface area contributed by atoms with Crippen LogP contribution in [0.25, 0.3) is 0 Å². The second kappa shape index (κ2) is 8.20. The van der Waals surface area contributed by atoms with Crippen LogP contribution in [0.2, 0.25) is 0 Å². The Morgan fingerprint density at radius 1 is 1.32 bits per heavy atom. The van der Waals surface area contributed by atoms with Crippen LogP contribution in [0.5, 0.6) is 0 Å². The van der Waals surface area contributed by atoms with Crippen molar-refractivity contribution in [1.82, 2.24) is 15.6 Å². The van der Waals surface area contributed by atoms with Crippen LogP contribution in [0.3, 0.4) is 0 Å². The Morgan fingerprint density at radius 2 is 2.14 bits per heavy atom. The summed E-state index contributed by atoms with van der Waals surface area (Å²) in [5, 5.41) is 6.77. The minimum atomic E-state index is 0.477. The predicted octanol–water partition coefficient (Wildman–Crippen LogP) is 3.17. The summed E-state index contributed by atoms with van der Waals surface area (Å²) < 4.78 is 5.58. The van der Waals surface area contributed by atoms with Crippen LogP contribution in [0.15, 0.2) is 9.41 Å². The maximum atomic E-state index is 5.58. The number of nitrogens with one attached hydrogen (secondary N) is 2. The van der Waals surface area contributed by atoms with Gasteiger partial charge < -0.3 is 15.1 Å². The molecule has 124 valence electrons. The number of rotatable bonds is 5. The van der Waals surface area contributed by atoms with Gasteiger partial charge in [-0.15, -0.1) is 0 Å². The summed E-state index contributed by atoms with van der Waals surface area (Å²) in [6.07, 6.45) is 5.39. The number of nitrogens with zero attached hydrogens (tertiary/aromatic N) is 2. The highest BCUT2D eigenvalue weighted by Crippen LogP contribution is 2.27. The standard InChI is InChI=1S/C17H30N4O/c1-5-18-17(19-10-15-8-6-7-12(2)9-15)20-11-16-21-13(3)14(4)22-16/h12,15H,5-11H2,1-4H3,(H2,18,19,20). The average molecular weight is 306 g/mol. The Morgan fingerprint density at radius 3 is 2.77 bits per heavy atom. The zero-order valence-corrected chi connectivity index (χ0v) is 14.4. The summed E-state index contributed by atoms with van der Waals surface area (Å²) in [5.74, 6) is 4.03. The number of hydrogen-bond donors (Lipinski definition) is 2. The maximum absolute atomic E-state index is 5.58. The lowest BCUT2D eigenvalue weighted by Crippen LogP contribution is -2.40. The molecule has 1 aliphatic carbocycles. The normalized spacial score (nSPS) is 22.6. The van der Waals surface area contributed by atoms with E-state index in [9.17, 15) is 0 Å². The first kappa shape index (κ1) is 16.8. The van der Waals surface area contributed by atoms with Gasteiger partial charge in [0.05, 0.1) is 5.69 Å². The summed E-state index contributed by atoms with van der Waals surface area (Å²) >= 11 is 0. The number of aliphatic imine (C=N–C) groups is 1. The van der Waals surface area contributed by atoms with Gasteiger partial charge in [-0.25, -0.2) is 9.98 Å². The van der Waals surface area contributed by atoms with Crippen LogP contribution < -0.4 is 10.6 Å². The van der Waals surface area contributed by atoms with Crippen LogP contribution >= 0.6 is 0 Å². The van der Waals surface area contributed by atoms with Crippen molar-refractivity contribution in [3.63, 3.8) is 0 Å². The van der Waals surface area contributed by atoms with E-state index in [1.54, 1.807) is 0 Å². The summed E-state index contributed by atoms with van der Waals surface area (Å²) in [4.78, 5) is 8.95. The van der Waals surface area contributed by atoms with Crippen LogP contribution in [0, 0.1) is 25.7 Å². The maximum Gasteiger partial charge on any atom is 0.216 e. The van der Waals surface area contributed by atoms with Crippen LogP contribution in [-0.4, -0.2) is 24.0 Å². The topological polar surface area (TPSA) is 62.5 Å². The van der Waals surface area contributed by atoms with Crippen molar-refractivity contribution in [3.8, 4) is 0 Å². The average Bonchev–Trinajstić information content (AvgIpc) is 2.81. The Kier molecular flexibility index (Phi) is 6.28. The third-order valence-corrected chi connectivity index (χ3v) is 4.39. The fraction of sp³-hybridized carbons (Fsp3) is 0.765. The number of oxazole rings is 1. The van der Waals surface area contributed by atoms with Gasteiger partial charge in [-0.3, -0.25) is 0 Å². The Balaban J connectivity index is 1.86. The number of aryl methyl sites for hydroxylation is 2. The van der Waals surface area contributed by atoms with Crippen molar-refractivity contribution >= 4 is 5.96 Å². The minimum Gasteiger partial charge on any atom is -0.444 e. The Bertz CT molecular complexity index is 475. The molecule has 0 spiro atoms. The summed E-state index contributed by atoms with van der Waals surface area (Å²) in [5.41, 5.74) is 0.944. The van der Waals surface area contributed by atoms with E-state index in [2.05, 4.69) is 34.5 Å². The zero-order chi connectivity index (χ0) is 15.9. The molecule has 0 radical (unpaired) electrons. The van der Waals surface area contributed by atoms with Crippen molar-refractivity contribution in [2.75, 3.05) is 13.1 Å². The van der Waals surface area contributed by atoms with Crippen molar-refractivity contribution < 1.29 is 4.42 Å². The van der Waals surface area contributed by atoms with Crippen LogP contribution in [0.1, 0.15) is 56.9 Å². The Labute approximate surface area is 134 Å². The first-order chi connectivity index (χ1) is 10.6. The molecule has 1 aromatic rings. The van der Waals surface area contributed by atoms with E-state index >= 15 is 0 Å². The Hall–Kier alpha value is -1.52. The van der Waals surface area contributed by atoms with E-state index in [1.165, 1.54) is 25.7 Å². The largest absolute Gasteiger partial charge is 0.444 e. The molecule has 1 fully saturated rings. The fourth-order valence-corrected chi connectivity index (χ4v) is 3.08. The smallest absolute Gasteiger partial charge is 0.216 e. The number of aromatic nitrogens is 1. The number of guanidine groups is 1. The molecule has 0 aliphatic heterocycles. The molecule has 2 rings (SSSR count). The van der Waals surface area contributed by atoms with Crippen LogP contribution in [0.4, 0.5) is 0 Å². The molecule has 2 N–H and O–H groups in total. The van der Waals surface area contributed by atoms with Gasteiger partial charge >= 0.3 is 0 Å². The quantitative estimate of drug-likeness (QED) is 0.648. The molecule has 5 nitrogen and oxygen atoms in total. The molecule has 0 saturated heterocycles. The van der Waals surface area contributed by atoms with Gasteiger partial charge in [0.25, 0.3) is 0 Å². The highest BCUT2D eigenvalue weighted by molar-refractivity contribution is 5.79. The van der Waals surface area contributed by atoms with Gasteiger partial charge in [-0.2, -0.15) is 0 Å². The van der Waals surface area contributed by atoms with Crippen molar-refractivity contribution in [2.24, 2.45) is 16.8 Å². The monoisotopic (exact) mass is 306 g/mol. The molecular formula is C17H30N4O. The third kappa shape index (κ3) is 5.04. The first-order valence-corrected chi connectivity index (χ1v) is 8.53. The highest BCUT2D eigenvalue weighted by atomic mass is 16.4. The van der Waals surface area contributed by atoms with Crippen molar-refractivity contribution in [3.05, 3.63) is 17.3 Å². The summed E-state index contributed by atoms with van der Waals surface area (Å²) in [6, 6.07) is 0. The SMILES string of the molecule is CCNC(=NCc1nc(C)c(C)o1)NCC1CCCC(C)C1. The molecule has 1 aromatic heterocycles. The van der Waals surface area contributed by atoms with Gasteiger partial charge in [0.1, 0.15) is 12.3 Å². The first-order valence-electron chi connectivity index (χ1n) is 8.53. The fourth-order valence-electron chi connectivity index (χ4n) is 3.08. The summed E-state index contributed by atoms with van der Waals surface area (Å²) in [6.45, 7) is 10.7. The van der Waals surface area contributed by atoms with Gasteiger partial charge in [0, 0.05) is 13.1 Å². The van der Waals surface area contributed by atoms with Crippen LogP contribution in [-0.2, 0) is 6.54 Å². The second-order valence-corrected chi connectivity index (χ2v) is 6.46. The van der Waals surface area contributed by atoms with E-state index in [0.29, 0.717) is 12.4 Å². The molecule has 0 amide bonds. The molecule has 22 heavy (non-hydrogen) atoms. The molecule has 0 aromatic carbocycles. The van der Waals surface area contributed by atoms with Gasteiger partial charge in [-0.1, -0.05) is 19.8 Å². The lowest BCUT2D eigenvalue weighted by molar-refractivity contribution is 0.282. The molecule has 2 unspecified atom stereocenters. The van der Waals surface area contributed by atoms with E-state index in [-0.39, 0.29) is 0 Å². The third-order valence-electron chi connectivity index (χ3n) is 4.39. The number of hydrogen-bond acceptors (Lipinski definition) is 3. The van der Waals surface area contributed by atoms with Gasteiger partial charge in [0.2, 0.25) is 5.89 Å². The van der Waals surface area contributed by atoms with E-state index in [1.807, 2.05) is 13.8 Å². The molecule has 1 heterocycles. The molecular weight excluding hydrogens is 276 g/mol. The molecule has 0 bridgehead atoms. The molecule has 1 saturated carbocycles. The van der Waals surface area contributed by atoms with Crippen molar-refractivity contribution in [2.45, 2.75) is 59.9 Å². The lowest BCUT2D eigenvalue weighted by atomic mass is 9.82. The minimum absolute atomic E-state index is 0.477. The molecule has 2 atom stereocenters. The predicted molar refractivity (Wildman–Crippen MR) is 89.9 cm³/mol. The van der Waals surface area contributed by atoms with Crippen molar-refractivity contribution in [1.29, 1.82) is 0 Å². The lowest BCUT2D eigenvalue weighted by Gasteiger charge is -2.27. The second-order valence-electron chi connectivity index (χ2n) is 6.46. The zero-order valence-electron chi connectivity index (χ0n) is 14.4. The van der Waals surface area contributed by atoms with Gasteiger partial charge in [-0.05, 0) is 45.4 Å². The van der Waals surface area contributed by atoms with Gasteiger partial charge in [0.15, 0.2) is 5.96 Å². The highest BCUT2D eigenvalue weighted by Gasteiger charge is 2.18.